The third kappa shape index (κ3) is 2.86. The fourth-order valence-electron chi connectivity index (χ4n) is 2.69. The van der Waals surface area contributed by atoms with Gasteiger partial charge in [0, 0.05) is 37.9 Å². The Morgan fingerprint density at radius 1 is 0.864 bits per heavy atom. The molecule has 22 heavy (non-hydrogen) atoms. The molecule has 0 aliphatic carbocycles. The lowest BCUT2D eigenvalue weighted by Crippen LogP contribution is -2.46. The van der Waals surface area contributed by atoms with E-state index >= 15 is 0 Å². The third-order valence-electron chi connectivity index (χ3n) is 3.89. The number of nitrogens with zero attached hydrogens (tertiary/aromatic N) is 3. The Morgan fingerprint density at radius 3 is 2.09 bits per heavy atom. The van der Waals surface area contributed by atoms with Gasteiger partial charge in [-0.1, -0.05) is 0 Å². The Balaban J connectivity index is 1.68. The highest BCUT2D eigenvalue weighted by Gasteiger charge is 2.20. The first-order valence-corrected chi connectivity index (χ1v) is 7.12. The fraction of sp³-hybridized carbons (Fsp3) is 0.235. The van der Waals surface area contributed by atoms with E-state index in [4.69, 9.17) is 5.26 Å². The van der Waals surface area contributed by atoms with E-state index in [-0.39, 0.29) is 0 Å². The molecule has 0 bridgehead atoms. The number of hydrogen-bond donors (Lipinski definition) is 0. The van der Waals surface area contributed by atoms with Crippen molar-refractivity contribution in [2.75, 3.05) is 36.0 Å². The zero-order chi connectivity index (χ0) is 15.5. The molecular weight excluding hydrogens is 284 g/mol. The molecule has 0 saturated carbocycles. The van der Waals surface area contributed by atoms with Gasteiger partial charge in [-0.05, 0) is 36.4 Å². The highest BCUT2D eigenvalue weighted by atomic mass is 19.1. The lowest BCUT2D eigenvalue weighted by Gasteiger charge is -2.37. The van der Waals surface area contributed by atoms with Crippen molar-refractivity contribution in [3.05, 3.63) is 59.7 Å². The van der Waals surface area contributed by atoms with Gasteiger partial charge in [0.1, 0.15) is 11.6 Å². The van der Waals surface area contributed by atoms with Crippen LogP contribution in [0.5, 0.6) is 0 Å². The van der Waals surface area contributed by atoms with Gasteiger partial charge in [-0.25, -0.2) is 8.78 Å². The number of rotatable bonds is 2. The first kappa shape index (κ1) is 14.3. The second kappa shape index (κ2) is 6.02. The molecule has 2 aromatic carbocycles. The standard InChI is InChI=1S/C17H15F2N3/c18-14-3-6-17(16(19)11-14)22-9-7-21(8-10-22)15-4-1-13(12-20)2-5-15/h1-6,11H,7-10H2. The van der Waals surface area contributed by atoms with Crippen LogP contribution in [0.1, 0.15) is 5.56 Å². The molecule has 5 heteroatoms. The van der Waals surface area contributed by atoms with E-state index in [1.54, 1.807) is 12.1 Å². The third-order valence-corrected chi connectivity index (χ3v) is 3.89. The average Bonchev–Trinajstić information content (AvgIpc) is 2.55. The van der Waals surface area contributed by atoms with Crippen LogP contribution in [0.3, 0.4) is 0 Å². The van der Waals surface area contributed by atoms with Crippen molar-refractivity contribution < 1.29 is 8.78 Å². The van der Waals surface area contributed by atoms with E-state index in [9.17, 15) is 8.78 Å². The molecule has 3 rings (SSSR count). The van der Waals surface area contributed by atoms with Gasteiger partial charge in [-0.15, -0.1) is 0 Å². The monoisotopic (exact) mass is 299 g/mol. The molecule has 0 atom stereocenters. The van der Waals surface area contributed by atoms with Crippen LogP contribution in [0.2, 0.25) is 0 Å². The molecule has 2 aromatic rings. The predicted octanol–water partition coefficient (Wildman–Crippen LogP) is 3.16. The largest absolute Gasteiger partial charge is 0.368 e. The summed E-state index contributed by atoms with van der Waals surface area (Å²) in [6, 6.07) is 13.2. The number of halogens is 2. The van der Waals surface area contributed by atoms with Crippen LogP contribution in [0.4, 0.5) is 20.2 Å². The summed E-state index contributed by atoms with van der Waals surface area (Å²) in [4.78, 5) is 4.12. The van der Waals surface area contributed by atoms with E-state index in [0.717, 1.165) is 24.8 Å². The number of anilines is 2. The SMILES string of the molecule is N#Cc1ccc(N2CCN(c3ccc(F)cc3F)CC2)cc1. The van der Waals surface area contributed by atoms with Crippen molar-refractivity contribution in [1.29, 1.82) is 5.26 Å². The van der Waals surface area contributed by atoms with Gasteiger partial charge in [0.2, 0.25) is 0 Å². The van der Waals surface area contributed by atoms with Crippen LogP contribution >= 0.6 is 0 Å². The van der Waals surface area contributed by atoms with Gasteiger partial charge in [-0.3, -0.25) is 0 Å². The Kier molecular flexibility index (Phi) is 3.92. The lowest BCUT2D eigenvalue weighted by atomic mass is 10.2. The Morgan fingerprint density at radius 2 is 1.50 bits per heavy atom. The smallest absolute Gasteiger partial charge is 0.149 e. The van der Waals surface area contributed by atoms with E-state index in [1.165, 1.54) is 12.1 Å². The molecule has 0 N–H and O–H groups in total. The Hall–Kier alpha value is -2.61. The zero-order valence-electron chi connectivity index (χ0n) is 12.0. The summed E-state index contributed by atoms with van der Waals surface area (Å²) in [6.07, 6.45) is 0. The van der Waals surface area contributed by atoms with Gasteiger partial charge in [-0.2, -0.15) is 5.26 Å². The van der Waals surface area contributed by atoms with E-state index in [0.29, 0.717) is 24.3 Å². The van der Waals surface area contributed by atoms with E-state index in [2.05, 4.69) is 11.0 Å². The van der Waals surface area contributed by atoms with Crippen LogP contribution < -0.4 is 9.80 Å². The molecule has 0 spiro atoms. The first-order chi connectivity index (χ1) is 10.7. The molecule has 1 fully saturated rings. The molecule has 1 aliphatic rings. The van der Waals surface area contributed by atoms with E-state index < -0.39 is 11.6 Å². The van der Waals surface area contributed by atoms with Crippen LogP contribution in [0, 0.1) is 23.0 Å². The van der Waals surface area contributed by atoms with Crippen molar-refractivity contribution in [1.82, 2.24) is 0 Å². The topological polar surface area (TPSA) is 30.3 Å². The Labute approximate surface area is 128 Å². The molecule has 112 valence electrons. The lowest BCUT2D eigenvalue weighted by molar-refractivity contribution is 0.570. The zero-order valence-corrected chi connectivity index (χ0v) is 12.0. The van der Waals surface area contributed by atoms with Crippen molar-refractivity contribution in [2.24, 2.45) is 0 Å². The minimum atomic E-state index is -0.558. The minimum absolute atomic E-state index is 0.445. The maximum absolute atomic E-state index is 13.8. The first-order valence-electron chi connectivity index (χ1n) is 7.12. The molecule has 0 unspecified atom stereocenters. The van der Waals surface area contributed by atoms with Gasteiger partial charge < -0.3 is 9.80 Å². The normalized spacial score (nSPS) is 14.8. The number of piperazine rings is 1. The summed E-state index contributed by atoms with van der Waals surface area (Å²) in [5.41, 5.74) is 2.13. The van der Waals surface area contributed by atoms with Crippen LogP contribution in [0.15, 0.2) is 42.5 Å². The molecule has 1 aliphatic heterocycles. The van der Waals surface area contributed by atoms with Gasteiger partial charge >= 0.3 is 0 Å². The molecule has 3 nitrogen and oxygen atoms in total. The van der Waals surface area contributed by atoms with Crippen molar-refractivity contribution in [2.45, 2.75) is 0 Å². The summed E-state index contributed by atoms with van der Waals surface area (Å²) in [6.45, 7) is 2.84. The fourth-order valence-corrected chi connectivity index (χ4v) is 2.69. The Bertz CT molecular complexity index is 699. The van der Waals surface area contributed by atoms with E-state index in [1.807, 2.05) is 17.0 Å². The van der Waals surface area contributed by atoms with Crippen LogP contribution in [-0.2, 0) is 0 Å². The van der Waals surface area contributed by atoms with Crippen LogP contribution in [0.25, 0.3) is 0 Å². The average molecular weight is 299 g/mol. The predicted molar refractivity (Wildman–Crippen MR) is 81.9 cm³/mol. The molecular formula is C17H15F2N3. The summed E-state index contributed by atoms with van der Waals surface area (Å²) in [7, 11) is 0. The summed E-state index contributed by atoms with van der Waals surface area (Å²) < 4.78 is 26.8. The molecule has 1 heterocycles. The maximum atomic E-state index is 13.8. The number of hydrogen-bond acceptors (Lipinski definition) is 3. The molecule has 1 saturated heterocycles. The number of nitriles is 1. The number of benzene rings is 2. The highest BCUT2D eigenvalue weighted by Crippen LogP contribution is 2.23. The van der Waals surface area contributed by atoms with Crippen molar-refractivity contribution in [3.63, 3.8) is 0 Å². The summed E-state index contributed by atoms with van der Waals surface area (Å²) in [5, 5.41) is 8.81. The quantitative estimate of drug-likeness (QED) is 0.853. The summed E-state index contributed by atoms with van der Waals surface area (Å²) >= 11 is 0. The minimum Gasteiger partial charge on any atom is -0.368 e. The molecule has 0 aromatic heterocycles. The van der Waals surface area contributed by atoms with Crippen LogP contribution in [-0.4, -0.2) is 26.2 Å². The second-order valence-electron chi connectivity index (χ2n) is 5.23. The molecule has 0 radical (unpaired) electrons. The van der Waals surface area contributed by atoms with Crippen molar-refractivity contribution >= 4 is 11.4 Å². The van der Waals surface area contributed by atoms with Crippen molar-refractivity contribution in [3.8, 4) is 6.07 Å². The summed E-state index contributed by atoms with van der Waals surface area (Å²) in [5.74, 6) is -1.08. The van der Waals surface area contributed by atoms with Gasteiger partial charge in [0.25, 0.3) is 0 Å². The maximum Gasteiger partial charge on any atom is 0.149 e. The highest BCUT2D eigenvalue weighted by molar-refractivity contribution is 5.53. The molecule has 0 amide bonds. The van der Waals surface area contributed by atoms with Gasteiger partial charge in [0.15, 0.2) is 0 Å². The second-order valence-corrected chi connectivity index (χ2v) is 5.23. The van der Waals surface area contributed by atoms with Gasteiger partial charge in [0.05, 0.1) is 17.3 Å².